The maximum Gasteiger partial charge on any atom is 0.309 e. The van der Waals surface area contributed by atoms with Crippen molar-refractivity contribution in [2.45, 2.75) is 26.4 Å². The molecule has 0 atom stereocenters. The summed E-state index contributed by atoms with van der Waals surface area (Å²) in [5.41, 5.74) is 1.01. The minimum Gasteiger partial charge on any atom is -0.293 e. The molecular weight excluding hydrogens is 357 g/mol. The SMILES string of the molecule is Cc1c([N+](=O)[O-])cnn1CCC(=O)Nc1ncn(Cc2cccc(F)c2)n1. The number of carbonyl (C=O) groups excluding carboxylic acids is 1. The Morgan fingerprint density at radius 3 is 2.93 bits per heavy atom. The second-order valence-electron chi connectivity index (χ2n) is 5.79. The maximum atomic E-state index is 13.2. The van der Waals surface area contributed by atoms with E-state index in [0.29, 0.717) is 17.8 Å². The highest BCUT2D eigenvalue weighted by atomic mass is 19.1. The fourth-order valence-electron chi connectivity index (χ4n) is 2.49. The van der Waals surface area contributed by atoms with Crippen LogP contribution >= 0.6 is 0 Å². The molecule has 0 fully saturated rings. The topological polar surface area (TPSA) is 121 Å². The number of aromatic nitrogens is 5. The zero-order valence-electron chi connectivity index (χ0n) is 14.4. The summed E-state index contributed by atoms with van der Waals surface area (Å²) in [4.78, 5) is 26.3. The van der Waals surface area contributed by atoms with E-state index in [1.807, 2.05) is 0 Å². The molecule has 1 aromatic carbocycles. The van der Waals surface area contributed by atoms with Gasteiger partial charge in [0, 0.05) is 6.42 Å². The summed E-state index contributed by atoms with van der Waals surface area (Å²) in [6.45, 7) is 2.07. The lowest BCUT2D eigenvalue weighted by Crippen LogP contribution is -2.16. The number of nitrogens with one attached hydrogen (secondary N) is 1. The summed E-state index contributed by atoms with van der Waals surface area (Å²) in [7, 11) is 0. The smallest absolute Gasteiger partial charge is 0.293 e. The normalized spacial score (nSPS) is 10.7. The molecule has 1 amide bonds. The van der Waals surface area contributed by atoms with Gasteiger partial charge in [-0.3, -0.25) is 24.9 Å². The molecule has 0 saturated carbocycles. The van der Waals surface area contributed by atoms with Crippen LogP contribution in [0.2, 0.25) is 0 Å². The quantitative estimate of drug-likeness (QED) is 0.499. The monoisotopic (exact) mass is 373 g/mol. The Labute approximate surface area is 152 Å². The highest BCUT2D eigenvalue weighted by Crippen LogP contribution is 2.16. The highest BCUT2D eigenvalue weighted by molar-refractivity contribution is 5.88. The van der Waals surface area contributed by atoms with Gasteiger partial charge in [0.2, 0.25) is 11.9 Å². The number of hydrogen-bond acceptors (Lipinski definition) is 6. The summed E-state index contributed by atoms with van der Waals surface area (Å²) in [5.74, 6) is -0.564. The summed E-state index contributed by atoms with van der Waals surface area (Å²) in [5, 5.41) is 21.4. The summed E-state index contributed by atoms with van der Waals surface area (Å²) < 4.78 is 16.1. The number of benzene rings is 1. The van der Waals surface area contributed by atoms with E-state index >= 15 is 0 Å². The van der Waals surface area contributed by atoms with E-state index in [1.54, 1.807) is 19.1 Å². The molecule has 0 aliphatic carbocycles. The van der Waals surface area contributed by atoms with E-state index in [9.17, 15) is 19.3 Å². The lowest BCUT2D eigenvalue weighted by Gasteiger charge is -2.04. The van der Waals surface area contributed by atoms with Gasteiger partial charge in [0.1, 0.15) is 24.0 Å². The number of hydrogen-bond donors (Lipinski definition) is 1. The number of nitrogens with zero attached hydrogens (tertiary/aromatic N) is 6. The Kier molecular flexibility index (Phi) is 5.20. The van der Waals surface area contributed by atoms with Gasteiger partial charge in [0.05, 0.1) is 18.0 Å². The third-order valence-electron chi connectivity index (χ3n) is 3.85. The third-order valence-corrected chi connectivity index (χ3v) is 3.85. The van der Waals surface area contributed by atoms with Crippen LogP contribution in [0.4, 0.5) is 16.0 Å². The summed E-state index contributed by atoms with van der Waals surface area (Å²) in [6.07, 6.45) is 2.64. The minimum atomic E-state index is -0.520. The van der Waals surface area contributed by atoms with Crippen molar-refractivity contribution in [1.82, 2.24) is 24.5 Å². The molecule has 1 N–H and O–H groups in total. The molecule has 2 heterocycles. The molecule has 3 rings (SSSR count). The van der Waals surface area contributed by atoms with E-state index in [1.165, 1.54) is 27.8 Å². The van der Waals surface area contributed by atoms with E-state index in [-0.39, 0.29) is 36.3 Å². The second-order valence-corrected chi connectivity index (χ2v) is 5.79. The molecule has 0 radical (unpaired) electrons. The molecule has 140 valence electrons. The molecule has 0 aliphatic rings. The van der Waals surface area contributed by atoms with Crippen molar-refractivity contribution in [2.24, 2.45) is 0 Å². The maximum absolute atomic E-state index is 13.2. The number of aryl methyl sites for hydroxylation is 1. The molecule has 0 saturated heterocycles. The van der Waals surface area contributed by atoms with Crippen LogP contribution in [0.1, 0.15) is 17.7 Å². The van der Waals surface area contributed by atoms with Crippen molar-refractivity contribution < 1.29 is 14.1 Å². The standard InChI is InChI=1S/C16H16FN7O3/c1-11-14(24(26)27)8-19-23(11)6-5-15(25)20-16-18-10-22(21-16)9-12-3-2-4-13(17)7-12/h2-4,7-8,10H,5-6,9H2,1H3,(H,20,21,25). The van der Waals surface area contributed by atoms with E-state index in [2.05, 4.69) is 20.5 Å². The molecule has 27 heavy (non-hydrogen) atoms. The zero-order valence-corrected chi connectivity index (χ0v) is 14.4. The molecule has 0 unspecified atom stereocenters. The number of amides is 1. The minimum absolute atomic E-state index is 0.0537. The summed E-state index contributed by atoms with van der Waals surface area (Å²) >= 11 is 0. The fourth-order valence-corrected chi connectivity index (χ4v) is 2.49. The van der Waals surface area contributed by atoms with Crippen LogP contribution in [0.25, 0.3) is 0 Å². The highest BCUT2D eigenvalue weighted by Gasteiger charge is 2.17. The number of carbonyl (C=O) groups is 1. The first-order chi connectivity index (χ1) is 12.9. The third kappa shape index (κ3) is 4.51. The van der Waals surface area contributed by atoms with Gasteiger partial charge in [0.15, 0.2) is 0 Å². The molecular formula is C16H16FN7O3. The van der Waals surface area contributed by atoms with Crippen molar-refractivity contribution >= 4 is 17.5 Å². The van der Waals surface area contributed by atoms with Crippen molar-refractivity contribution in [2.75, 3.05) is 5.32 Å². The Hall–Kier alpha value is -3.63. The van der Waals surface area contributed by atoms with E-state index in [4.69, 9.17) is 0 Å². The molecule has 2 aromatic heterocycles. The van der Waals surface area contributed by atoms with Gasteiger partial charge in [-0.05, 0) is 24.6 Å². The number of rotatable bonds is 7. The molecule has 3 aromatic rings. The van der Waals surface area contributed by atoms with Crippen LogP contribution in [-0.2, 0) is 17.9 Å². The first kappa shape index (κ1) is 18.2. The van der Waals surface area contributed by atoms with Crippen LogP contribution in [0.3, 0.4) is 0 Å². The molecule has 10 nitrogen and oxygen atoms in total. The lowest BCUT2D eigenvalue weighted by atomic mass is 10.2. The molecule has 0 spiro atoms. The fraction of sp³-hybridized carbons (Fsp3) is 0.250. The second kappa shape index (κ2) is 7.72. The van der Waals surface area contributed by atoms with Crippen molar-refractivity contribution in [3.63, 3.8) is 0 Å². The number of anilines is 1. The van der Waals surface area contributed by atoms with Crippen LogP contribution in [0.5, 0.6) is 0 Å². The largest absolute Gasteiger partial charge is 0.309 e. The first-order valence-electron chi connectivity index (χ1n) is 8.03. The van der Waals surface area contributed by atoms with Gasteiger partial charge in [-0.25, -0.2) is 14.1 Å². The Morgan fingerprint density at radius 2 is 2.22 bits per heavy atom. The molecule has 11 heteroatoms. The molecule has 0 aliphatic heterocycles. The Balaban J connectivity index is 1.54. The van der Waals surface area contributed by atoms with Crippen molar-refractivity contribution in [1.29, 1.82) is 0 Å². The van der Waals surface area contributed by atoms with E-state index < -0.39 is 4.92 Å². The average molecular weight is 373 g/mol. The Bertz CT molecular complexity index is 982. The van der Waals surface area contributed by atoms with Crippen LogP contribution in [0, 0.1) is 22.9 Å². The van der Waals surface area contributed by atoms with Crippen LogP contribution in [0.15, 0.2) is 36.8 Å². The predicted molar refractivity (Wildman–Crippen MR) is 92.4 cm³/mol. The van der Waals surface area contributed by atoms with Crippen LogP contribution in [-0.4, -0.2) is 35.4 Å². The van der Waals surface area contributed by atoms with Gasteiger partial charge < -0.3 is 0 Å². The predicted octanol–water partition coefficient (Wildman–Crippen LogP) is 1.91. The zero-order chi connectivity index (χ0) is 19.4. The van der Waals surface area contributed by atoms with Crippen molar-refractivity contribution in [3.8, 4) is 0 Å². The van der Waals surface area contributed by atoms with Crippen molar-refractivity contribution in [3.05, 3.63) is 64.0 Å². The van der Waals surface area contributed by atoms with Crippen LogP contribution < -0.4 is 5.32 Å². The van der Waals surface area contributed by atoms with Gasteiger partial charge in [0.25, 0.3) is 0 Å². The van der Waals surface area contributed by atoms with Gasteiger partial charge in [-0.1, -0.05) is 12.1 Å². The van der Waals surface area contributed by atoms with Gasteiger partial charge in [-0.2, -0.15) is 5.10 Å². The molecule has 0 bridgehead atoms. The van der Waals surface area contributed by atoms with Gasteiger partial charge in [-0.15, -0.1) is 5.10 Å². The lowest BCUT2D eigenvalue weighted by molar-refractivity contribution is -0.385. The first-order valence-corrected chi connectivity index (χ1v) is 8.03. The van der Waals surface area contributed by atoms with E-state index in [0.717, 1.165) is 6.20 Å². The number of nitro groups is 1. The average Bonchev–Trinajstić information content (AvgIpc) is 3.19. The summed E-state index contributed by atoms with van der Waals surface area (Å²) in [6, 6.07) is 6.11. The Morgan fingerprint density at radius 1 is 1.41 bits per heavy atom. The number of halogens is 1. The van der Waals surface area contributed by atoms with Gasteiger partial charge >= 0.3 is 5.69 Å².